The lowest BCUT2D eigenvalue weighted by Crippen LogP contribution is -2.13. The molecule has 6 aromatic carbocycles. The Labute approximate surface area is 311 Å². The second-order valence-corrected chi connectivity index (χ2v) is 16.5. The Kier molecular flexibility index (Phi) is 9.99. The van der Waals surface area contributed by atoms with Gasteiger partial charge in [0.05, 0.1) is 12.2 Å². The van der Waals surface area contributed by atoms with Gasteiger partial charge in [0.1, 0.15) is 11.5 Å². The van der Waals surface area contributed by atoms with E-state index in [0.717, 1.165) is 77.6 Å². The Hall–Kier alpha value is -5.08. The van der Waals surface area contributed by atoms with Gasteiger partial charge in [-0.25, -0.2) is 0 Å². The monoisotopic (exact) mass is 686 g/mol. The highest BCUT2D eigenvalue weighted by atomic mass is 16.5. The maximum atomic E-state index is 6.54. The molecule has 0 unspecified atom stereocenters. The lowest BCUT2D eigenvalue weighted by Gasteiger charge is -2.26. The smallest absolute Gasteiger partial charge is 0.127 e. The van der Waals surface area contributed by atoms with Crippen LogP contribution < -0.4 is 9.47 Å². The van der Waals surface area contributed by atoms with Crippen molar-refractivity contribution in [1.29, 1.82) is 0 Å². The quantitative estimate of drug-likeness (QED) is 0.151. The van der Waals surface area contributed by atoms with Gasteiger partial charge in [-0.1, -0.05) is 128 Å². The van der Waals surface area contributed by atoms with E-state index in [-0.39, 0.29) is 23.0 Å². The highest BCUT2D eigenvalue weighted by molar-refractivity contribution is 6.15. The SMILES string of the molecule is C=Cc1c(-c2cc(C(C)(C)C)ccc2OC(C)C)cc2ccccc2c1-c1c(C=C)c(-c2cc(C(C)(C)C)ccc2OC(C)C)cc2ccccc12. The van der Waals surface area contributed by atoms with Crippen LogP contribution in [0.3, 0.4) is 0 Å². The van der Waals surface area contributed by atoms with Crippen LogP contribution in [0, 0.1) is 0 Å². The first-order valence-electron chi connectivity index (χ1n) is 18.6. The zero-order valence-electron chi connectivity index (χ0n) is 32.8. The van der Waals surface area contributed by atoms with E-state index in [1.54, 1.807) is 0 Å². The number of fused-ring (bicyclic) bond motifs is 2. The van der Waals surface area contributed by atoms with E-state index < -0.39 is 0 Å². The van der Waals surface area contributed by atoms with Crippen LogP contribution in [0.2, 0.25) is 0 Å². The Balaban J connectivity index is 1.81. The highest BCUT2D eigenvalue weighted by Gasteiger charge is 2.26. The van der Waals surface area contributed by atoms with Gasteiger partial charge in [-0.3, -0.25) is 0 Å². The van der Waals surface area contributed by atoms with Crippen LogP contribution >= 0.6 is 0 Å². The first-order valence-corrected chi connectivity index (χ1v) is 18.6. The molecule has 6 rings (SSSR count). The van der Waals surface area contributed by atoms with Gasteiger partial charge in [0.25, 0.3) is 0 Å². The molecule has 0 bridgehead atoms. The molecule has 0 saturated heterocycles. The fourth-order valence-electron chi connectivity index (χ4n) is 7.26. The van der Waals surface area contributed by atoms with E-state index >= 15 is 0 Å². The molecule has 0 aliphatic rings. The van der Waals surface area contributed by atoms with Crippen LogP contribution in [0.25, 0.3) is 67.1 Å². The lowest BCUT2D eigenvalue weighted by molar-refractivity contribution is 0.243. The Morgan fingerprint density at radius 3 is 1.17 bits per heavy atom. The number of hydrogen-bond donors (Lipinski definition) is 0. The summed E-state index contributed by atoms with van der Waals surface area (Å²) in [6.07, 6.45) is 4.10. The molecular weight excluding hydrogens is 633 g/mol. The fraction of sp³-hybridized carbons (Fsp3) is 0.280. The zero-order valence-corrected chi connectivity index (χ0v) is 32.8. The van der Waals surface area contributed by atoms with Gasteiger partial charge in [-0.05, 0) is 141 Å². The second-order valence-electron chi connectivity index (χ2n) is 16.5. The van der Waals surface area contributed by atoms with Crippen molar-refractivity contribution >= 4 is 33.7 Å². The van der Waals surface area contributed by atoms with Gasteiger partial charge in [0.15, 0.2) is 0 Å². The van der Waals surface area contributed by atoms with Gasteiger partial charge in [0.2, 0.25) is 0 Å². The molecule has 0 spiro atoms. The minimum absolute atomic E-state index is 0.0189. The molecule has 0 fully saturated rings. The summed E-state index contributed by atoms with van der Waals surface area (Å²) in [6.45, 7) is 30.9. The molecule has 0 aliphatic carbocycles. The molecule has 2 heteroatoms. The van der Waals surface area contributed by atoms with E-state index in [9.17, 15) is 0 Å². The van der Waals surface area contributed by atoms with Crippen molar-refractivity contribution in [2.45, 2.75) is 92.3 Å². The maximum Gasteiger partial charge on any atom is 0.127 e. The van der Waals surface area contributed by atoms with Crippen molar-refractivity contribution < 1.29 is 9.47 Å². The predicted molar refractivity (Wildman–Crippen MR) is 227 cm³/mol. The number of benzene rings is 6. The predicted octanol–water partition coefficient (Wildman–Crippen LogP) is 14.4. The summed E-state index contributed by atoms with van der Waals surface area (Å²) in [5.74, 6) is 1.73. The maximum absolute atomic E-state index is 6.54. The van der Waals surface area contributed by atoms with Crippen LogP contribution in [0.15, 0.2) is 110 Å². The van der Waals surface area contributed by atoms with Gasteiger partial charge in [0, 0.05) is 11.1 Å². The third-order valence-electron chi connectivity index (χ3n) is 9.83. The van der Waals surface area contributed by atoms with Crippen LogP contribution in [0.5, 0.6) is 11.5 Å². The number of hydrogen-bond acceptors (Lipinski definition) is 2. The van der Waals surface area contributed by atoms with Gasteiger partial charge in [-0.2, -0.15) is 0 Å². The normalized spacial score (nSPS) is 12.2. The summed E-state index contributed by atoms with van der Waals surface area (Å²) in [5, 5.41) is 4.62. The second kappa shape index (κ2) is 14.2. The minimum Gasteiger partial charge on any atom is -0.490 e. The van der Waals surface area contributed by atoms with E-state index in [0.29, 0.717) is 0 Å². The van der Waals surface area contributed by atoms with Crippen molar-refractivity contribution in [2.75, 3.05) is 0 Å². The summed E-state index contributed by atoms with van der Waals surface area (Å²) < 4.78 is 13.1. The van der Waals surface area contributed by atoms with Crippen LogP contribution in [-0.4, -0.2) is 12.2 Å². The Morgan fingerprint density at radius 2 is 0.846 bits per heavy atom. The fourth-order valence-corrected chi connectivity index (χ4v) is 7.26. The molecule has 0 amide bonds. The van der Waals surface area contributed by atoms with Gasteiger partial charge < -0.3 is 9.47 Å². The lowest BCUT2D eigenvalue weighted by atomic mass is 9.79. The Bertz CT molecular complexity index is 2140. The Morgan fingerprint density at radius 1 is 0.481 bits per heavy atom. The minimum atomic E-state index is -0.0446. The molecule has 0 aromatic heterocycles. The van der Waals surface area contributed by atoms with E-state index in [2.05, 4.69) is 179 Å². The molecule has 0 N–H and O–H groups in total. The van der Waals surface area contributed by atoms with Crippen LogP contribution in [0.4, 0.5) is 0 Å². The molecule has 0 radical (unpaired) electrons. The van der Waals surface area contributed by atoms with Crippen molar-refractivity contribution in [3.63, 3.8) is 0 Å². The van der Waals surface area contributed by atoms with Crippen LogP contribution in [0.1, 0.15) is 91.5 Å². The van der Waals surface area contributed by atoms with Gasteiger partial charge in [-0.15, -0.1) is 0 Å². The summed E-state index contributed by atoms with van der Waals surface area (Å²) in [5.41, 5.74) is 11.1. The highest BCUT2D eigenvalue weighted by Crippen LogP contribution is 2.49. The summed E-state index contributed by atoms with van der Waals surface area (Å²) >= 11 is 0. The summed E-state index contributed by atoms with van der Waals surface area (Å²) in [4.78, 5) is 0. The third kappa shape index (κ3) is 7.04. The number of ether oxygens (including phenoxy) is 2. The van der Waals surface area contributed by atoms with E-state index in [4.69, 9.17) is 9.47 Å². The molecule has 0 heterocycles. The standard InChI is InChI=1S/C50H54O2/c1-13-37-41(43-29-35(49(7,8)9)23-25-45(43)51-31(3)4)27-33-19-15-17-21-39(33)47(37)48-38(14-2)42(28-34-20-16-18-22-40(34)48)44-30-36(50(10,11)12)24-26-46(44)52-32(5)6/h13-32H,1-2H2,3-12H3. The molecule has 52 heavy (non-hydrogen) atoms. The summed E-state index contributed by atoms with van der Waals surface area (Å²) in [6, 6.07) is 35.3. The van der Waals surface area contributed by atoms with Crippen molar-refractivity contribution in [3.05, 3.63) is 132 Å². The third-order valence-corrected chi connectivity index (χ3v) is 9.83. The largest absolute Gasteiger partial charge is 0.490 e. The first-order chi connectivity index (χ1) is 24.6. The molecule has 0 saturated carbocycles. The van der Waals surface area contributed by atoms with Crippen molar-refractivity contribution in [3.8, 4) is 44.9 Å². The van der Waals surface area contributed by atoms with Crippen molar-refractivity contribution in [1.82, 2.24) is 0 Å². The van der Waals surface area contributed by atoms with Crippen molar-refractivity contribution in [2.24, 2.45) is 0 Å². The van der Waals surface area contributed by atoms with E-state index in [1.807, 2.05) is 12.2 Å². The summed E-state index contributed by atoms with van der Waals surface area (Å²) in [7, 11) is 0. The topological polar surface area (TPSA) is 18.5 Å². The molecule has 6 aromatic rings. The molecule has 266 valence electrons. The zero-order chi connectivity index (χ0) is 37.5. The molecule has 2 nitrogen and oxygen atoms in total. The molecular formula is C50H54O2. The van der Waals surface area contributed by atoms with Gasteiger partial charge >= 0.3 is 0 Å². The van der Waals surface area contributed by atoms with Crippen LogP contribution in [-0.2, 0) is 10.8 Å². The van der Waals surface area contributed by atoms with E-state index in [1.165, 1.54) is 11.1 Å². The average molecular weight is 687 g/mol. The number of rotatable bonds is 9. The first kappa shape index (κ1) is 36.7. The average Bonchev–Trinajstić information content (AvgIpc) is 3.09. The molecule has 0 atom stereocenters. The molecule has 0 aliphatic heterocycles.